The minimum Gasteiger partial charge on any atom is -0.462 e. The Morgan fingerprint density at radius 3 is 2.54 bits per heavy atom. The fourth-order valence-electron chi connectivity index (χ4n) is 2.45. The number of anilines is 1. The molecule has 0 N–H and O–H groups in total. The summed E-state index contributed by atoms with van der Waals surface area (Å²) < 4.78 is 4.81. The average molecular weight is 335 g/mol. The molecule has 1 aliphatic heterocycles. The van der Waals surface area contributed by atoms with E-state index in [9.17, 15) is 24.5 Å². The second-order valence-corrected chi connectivity index (χ2v) is 5.02. The highest BCUT2D eigenvalue weighted by Crippen LogP contribution is 2.31. The number of piperazine rings is 1. The van der Waals surface area contributed by atoms with Crippen molar-refractivity contribution in [1.29, 1.82) is 0 Å². The van der Waals surface area contributed by atoms with E-state index in [1.54, 1.807) is 13.8 Å². The number of rotatable bonds is 5. The smallest absolute Gasteiger partial charge is 0.338 e. The first-order valence-corrected chi connectivity index (χ1v) is 7.47. The lowest BCUT2D eigenvalue weighted by Crippen LogP contribution is -2.54. The normalized spacial score (nSPS) is 14.8. The van der Waals surface area contributed by atoms with E-state index < -0.39 is 28.4 Å². The Morgan fingerprint density at radius 2 is 1.96 bits per heavy atom. The van der Waals surface area contributed by atoms with Crippen LogP contribution >= 0.6 is 0 Å². The molecule has 0 saturated carbocycles. The number of amides is 2. The number of hydrogen-bond donors (Lipinski definition) is 0. The van der Waals surface area contributed by atoms with Crippen LogP contribution in [0, 0.1) is 10.1 Å². The highest BCUT2D eigenvalue weighted by atomic mass is 16.6. The maximum Gasteiger partial charge on any atom is 0.338 e. The number of benzene rings is 1. The summed E-state index contributed by atoms with van der Waals surface area (Å²) in [5, 5.41) is 11.3. The molecule has 0 atom stereocenters. The Kier molecular flexibility index (Phi) is 5.12. The number of nitrogens with zero attached hydrogens (tertiary/aromatic N) is 3. The van der Waals surface area contributed by atoms with Crippen LogP contribution in [0.25, 0.3) is 0 Å². The number of ether oxygens (including phenoxy) is 1. The number of carbonyl (C=O) groups is 3. The molecule has 2 rings (SSSR count). The molecule has 1 aromatic rings. The minimum atomic E-state index is -0.824. The second kappa shape index (κ2) is 7.07. The maximum absolute atomic E-state index is 12.2. The van der Waals surface area contributed by atoms with Crippen molar-refractivity contribution >= 4 is 29.2 Å². The van der Waals surface area contributed by atoms with Crippen LogP contribution < -0.4 is 4.90 Å². The van der Waals surface area contributed by atoms with Crippen LogP contribution in [-0.2, 0) is 14.3 Å². The number of hydrogen-bond acceptors (Lipinski definition) is 6. The van der Waals surface area contributed by atoms with Gasteiger partial charge in [-0.05, 0) is 26.0 Å². The Labute approximate surface area is 137 Å². The van der Waals surface area contributed by atoms with Crippen LogP contribution in [0.1, 0.15) is 24.2 Å². The quantitative estimate of drug-likeness (QED) is 0.343. The van der Waals surface area contributed by atoms with Gasteiger partial charge < -0.3 is 9.64 Å². The van der Waals surface area contributed by atoms with Crippen molar-refractivity contribution < 1.29 is 24.0 Å². The van der Waals surface area contributed by atoms with E-state index in [0.29, 0.717) is 6.54 Å². The molecule has 128 valence electrons. The van der Waals surface area contributed by atoms with Gasteiger partial charge in [0.25, 0.3) is 5.69 Å². The van der Waals surface area contributed by atoms with E-state index in [-0.39, 0.29) is 30.9 Å². The molecule has 1 fully saturated rings. The van der Waals surface area contributed by atoms with Crippen molar-refractivity contribution in [2.45, 2.75) is 13.8 Å². The van der Waals surface area contributed by atoms with Crippen LogP contribution in [0.15, 0.2) is 18.2 Å². The molecular weight excluding hydrogens is 318 g/mol. The number of esters is 1. The lowest BCUT2D eigenvalue weighted by Gasteiger charge is -2.32. The van der Waals surface area contributed by atoms with E-state index in [2.05, 4.69) is 0 Å². The molecule has 9 heteroatoms. The summed E-state index contributed by atoms with van der Waals surface area (Å²) >= 11 is 0. The Bertz CT molecular complexity index is 702. The monoisotopic (exact) mass is 335 g/mol. The fraction of sp³-hybridized carbons (Fsp3) is 0.400. The van der Waals surface area contributed by atoms with E-state index >= 15 is 0 Å². The lowest BCUT2D eigenvalue weighted by atomic mass is 10.1. The molecule has 2 amide bonds. The molecule has 9 nitrogen and oxygen atoms in total. The van der Waals surface area contributed by atoms with Crippen molar-refractivity contribution in [3.63, 3.8) is 0 Å². The molecule has 1 aromatic carbocycles. The molecule has 0 bridgehead atoms. The fourth-order valence-corrected chi connectivity index (χ4v) is 2.45. The van der Waals surface area contributed by atoms with Crippen LogP contribution in [-0.4, -0.2) is 53.8 Å². The first kappa shape index (κ1) is 17.4. The highest BCUT2D eigenvalue weighted by molar-refractivity contribution is 6.41. The minimum absolute atomic E-state index is 0.0119. The summed E-state index contributed by atoms with van der Waals surface area (Å²) in [4.78, 5) is 49.0. The van der Waals surface area contributed by atoms with Crippen molar-refractivity contribution in [3.8, 4) is 0 Å². The lowest BCUT2D eigenvalue weighted by molar-refractivity contribution is -0.384. The summed E-state index contributed by atoms with van der Waals surface area (Å²) in [5.41, 5.74) is -0.424. The van der Waals surface area contributed by atoms with Gasteiger partial charge in [-0.3, -0.25) is 24.6 Å². The van der Waals surface area contributed by atoms with Crippen LogP contribution in [0.5, 0.6) is 0 Å². The zero-order chi connectivity index (χ0) is 17.9. The number of likely N-dealkylation sites (N-methyl/N-ethyl adjacent to an activating group) is 1. The van der Waals surface area contributed by atoms with Crippen molar-refractivity contribution in [3.05, 3.63) is 33.9 Å². The first-order chi connectivity index (χ1) is 11.4. The zero-order valence-electron chi connectivity index (χ0n) is 13.4. The Hall–Kier alpha value is -2.97. The van der Waals surface area contributed by atoms with E-state index in [4.69, 9.17) is 4.74 Å². The largest absolute Gasteiger partial charge is 0.462 e. The zero-order valence-corrected chi connectivity index (χ0v) is 13.4. The van der Waals surface area contributed by atoms with Gasteiger partial charge in [0.15, 0.2) is 0 Å². The van der Waals surface area contributed by atoms with Crippen molar-refractivity contribution in [2.24, 2.45) is 0 Å². The summed E-state index contributed by atoms with van der Waals surface area (Å²) in [6, 6.07) is 3.68. The molecule has 0 spiro atoms. The molecule has 1 aliphatic rings. The predicted molar refractivity (Wildman–Crippen MR) is 83.7 cm³/mol. The van der Waals surface area contributed by atoms with E-state index in [1.807, 2.05) is 0 Å². The highest BCUT2D eigenvalue weighted by Gasteiger charge is 2.35. The van der Waals surface area contributed by atoms with Gasteiger partial charge in [0, 0.05) is 25.7 Å². The maximum atomic E-state index is 12.2. The third-order valence-corrected chi connectivity index (χ3v) is 3.66. The van der Waals surface area contributed by atoms with Gasteiger partial charge >= 0.3 is 17.8 Å². The van der Waals surface area contributed by atoms with Crippen LogP contribution in [0.4, 0.5) is 11.4 Å². The summed E-state index contributed by atoms with van der Waals surface area (Å²) in [6.45, 7) is 4.34. The van der Waals surface area contributed by atoms with Crippen LogP contribution in [0.3, 0.4) is 0 Å². The van der Waals surface area contributed by atoms with E-state index in [0.717, 1.165) is 11.0 Å². The van der Waals surface area contributed by atoms with Gasteiger partial charge in [-0.1, -0.05) is 0 Å². The molecule has 0 radical (unpaired) electrons. The Morgan fingerprint density at radius 1 is 1.25 bits per heavy atom. The van der Waals surface area contributed by atoms with Gasteiger partial charge in [0.05, 0.1) is 17.1 Å². The molecule has 1 heterocycles. The summed E-state index contributed by atoms with van der Waals surface area (Å²) in [6.07, 6.45) is 0. The third-order valence-electron chi connectivity index (χ3n) is 3.66. The average Bonchev–Trinajstić information content (AvgIpc) is 2.57. The molecule has 0 aliphatic carbocycles. The third kappa shape index (κ3) is 3.19. The van der Waals surface area contributed by atoms with Gasteiger partial charge in [-0.15, -0.1) is 0 Å². The molecule has 0 unspecified atom stereocenters. The van der Waals surface area contributed by atoms with Gasteiger partial charge in [-0.2, -0.15) is 0 Å². The number of nitro benzene ring substituents is 1. The van der Waals surface area contributed by atoms with Gasteiger partial charge in [0.2, 0.25) is 0 Å². The second-order valence-electron chi connectivity index (χ2n) is 5.02. The van der Waals surface area contributed by atoms with Crippen LogP contribution in [0.2, 0.25) is 0 Å². The van der Waals surface area contributed by atoms with E-state index in [1.165, 1.54) is 17.0 Å². The summed E-state index contributed by atoms with van der Waals surface area (Å²) in [7, 11) is 0. The van der Waals surface area contributed by atoms with Crippen molar-refractivity contribution in [2.75, 3.05) is 31.1 Å². The molecular formula is C15H17N3O6. The topological polar surface area (TPSA) is 110 Å². The molecule has 0 aromatic heterocycles. The first-order valence-electron chi connectivity index (χ1n) is 7.47. The van der Waals surface area contributed by atoms with Crippen molar-refractivity contribution in [1.82, 2.24) is 4.90 Å². The van der Waals surface area contributed by atoms with Gasteiger partial charge in [0.1, 0.15) is 5.69 Å². The Balaban J connectivity index is 2.40. The number of carbonyl (C=O) groups excluding carboxylic acids is 3. The van der Waals surface area contributed by atoms with Gasteiger partial charge in [-0.25, -0.2) is 4.79 Å². The predicted octanol–water partition coefficient (Wildman–Crippen LogP) is 0.967. The standard InChI is InChI=1S/C15H17N3O6/c1-3-16-7-8-17(14(20)13(16)19)11-6-5-10(15(21)24-4-2)9-12(11)18(22)23/h5-6,9H,3-4,7-8H2,1-2H3. The number of nitro groups is 1. The molecule has 1 saturated heterocycles. The summed E-state index contributed by atoms with van der Waals surface area (Å²) in [5.74, 6) is -2.21. The SMILES string of the molecule is CCOC(=O)c1ccc(N2CCN(CC)C(=O)C2=O)c([N+](=O)[O-])c1. The molecule has 24 heavy (non-hydrogen) atoms.